The summed E-state index contributed by atoms with van der Waals surface area (Å²) in [7, 11) is 0. The van der Waals surface area contributed by atoms with Crippen molar-refractivity contribution in [1.82, 2.24) is 5.48 Å². The summed E-state index contributed by atoms with van der Waals surface area (Å²) in [6, 6.07) is 0. The first-order valence-electron chi connectivity index (χ1n) is 2.71. The Bertz CT molecular complexity index is 39.7. The minimum absolute atomic E-state index is 0.250. The van der Waals surface area contributed by atoms with Crippen molar-refractivity contribution < 1.29 is 37.9 Å². The molecular formula is C4H14N2O3Zr. The summed E-state index contributed by atoms with van der Waals surface area (Å²) in [6.45, 7) is 2.89. The van der Waals surface area contributed by atoms with Gasteiger partial charge in [0.2, 0.25) is 0 Å². The average molecular weight is 229 g/mol. The van der Waals surface area contributed by atoms with E-state index in [1.807, 2.05) is 5.48 Å². The number of hydroxylamine groups is 1. The van der Waals surface area contributed by atoms with Crippen LogP contribution in [0.4, 0.5) is 0 Å². The van der Waals surface area contributed by atoms with E-state index in [9.17, 15) is 0 Å². The molecule has 0 heterocycles. The SMILES string of the molecule is CCO.NCCNO.[O]=[Zr]. The second kappa shape index (κ2) is 33.8. The van der Waals surface area contributed by atoms with Crippen LogP contribution in [0, 0.1) is 0 Å². The molecule has 0 aliphatic rings. The summed E-state index contributed by atoms with van der Waals surface area (Å²) in [5, 5.41) is 15.3. The number of hydrogen-bond donors (Lipinski definition) is 4. The fourth-order valence-electron chi connectivity index (χ4n) is 0.0645. The summed E-state index contributed by atoms with van der Waals surface area (Å²) in [5.41, 5.74) is 6.81. The summed E-state index contributed by atoms with van der Waals surface area (Å²) in [6.07, 6.45) is 0. The van der Waals surface area contributed by atoms with Crippen LogP contribution in [-0.4, -0.2) is 30.0 Å². The summed E-state index contributed by atoms with van der Waals surface area (Å²) in [5.74, 6) is 0. The van der Waals surface area contributed by atoms with Crippen LogP contribution in [0.15, 0.2) is 0 Å². The van der Waals surface area contributed by atoms with Crippen LogP contribution >= 0.6 is 0 Å². The molecule has 0 radical (unpaired) electrons. The Hall–Kier alpha value is 0.523. The molecule has 0 spiro atoms. The van der Waals surface area contributed by atoms with E-state index in [-0.39, 0.29) is 6.61 Å². The van der Waals surface area contributed by atoms with E-state index in [1.54, 1.807) is 6.92 Å². The molecule has 0 saturated heterocycles. The molecule has 0 atom stereocenters. The topological polar surface area (TPSA) is 95.6 Å². The number of nitrogens with one attached hydrogen (secondary N) is 1. The van der Waals surface area contributed by atoms with Gasteiger partial charge < -0.3 is 16.0 Å². The van der Waals surface area contributed by atoms with Gasteiger partial charge in [-0.25, -0.2) is 5.48 Å². The predicted octanol–water partition coefficient (Wildman–Crippen LogP) is -1.20. The van der Waals surface area contributed by atoms with Crippen molar-refractivity contribution in [3.63, 3.8) is 0 Å². The molecule has 0 fully saturated rings. The number of aliphatic hydroxyl groups excluding tert-OH is 1. The van der Waals surface area contributed by atoms with Crippen LogP contribution < -0.4 is 11.2 Å². The van der Waals surface area contributed by atoms with E-state index in [2.05, 4.69) is 0 Å². The third-order valence-electron chi connectivity index (χ3n) is 0.256. The molecule has 62 valence electrons. The molecule has 10 heavy (non-hydrogen) atoms. The van der Waals surface area contributed by atoms with E-state index < -0.39 is 0 Å². The Morgan fingerprint density at radius 3 is 1.90 bits per heavy atom. The summed E-state index contributed by atoms with van der Waals surface area (Å²) < 4.78 is 8.34. The molecule has 0 aromatic carbocycles. The molecule has 0 aliphatic carbocycles. The van der Waals surface area contributed by atoms with Gasteiger partial charge in [-0.1, -0.05) is 0 Å². The summed E-state index contributed by atoms with van der Waals surface area (Å²) in [4.78, 5) is 0. The van der Waals surface area contributed by atoms with Gasteiger partial charge in [-0.15, -0.1) is 0 Å². The second-order valence-corrected chi connectivity index (χ2v) is 1.01. The van der Waals surface area contributed by atoms with Crippen molar-refractivity contribution >= 4 is 0 Å². The van der Waals surface area contributed by atoms with Gasteiger partial charge in [0.05, 0.1) is 0 Å². The second-order valence-electron chi connectivity index (χ2n) is 1.01. The Morgan fingerprint density at radius 1 is 1.60 bits per heavy atom. The standard InChI is InChI=1S/C2H8N2O.C2H6O.O.Zr/c3-1-2-4-5;1-2-3;;/h4-5H,1-3H2;3H,2H2,1H3;;. The van der Waals surface area contributed by atoms with Crippen LogP contribution in [0.1, 0.15) is 6.92 Å². The Kier molecular flexibility index (Phi) is 57.0. The van der Waals surface area contributed by atoms with Gasteiger partial charge in [0.1, 0.15) is 0 Å². The molecule has 0 bridgehead atoms. The molecule has 0 unspecified atom stereocenters. The summed E-state index contributed by atoms with van der Waals surface area (Å²) >= 11 is 0.300. The molecule has 5 N–H and O–H groups in total. The maximum atomic E-state index is 8.34. The van der Waals surface area contributed by atoms with Gasteiger partial charge in [0.25, 0.3) is 0 Å². The maximum absolute atomic E-state index is 8.34. The fraction of sp³-hybridized carbons (Fsp3) is 1.00. The third-order valence-corrected chi connectivity index (χ3v) is 0.256. The predicted molar refractivity (Wildman–Crippen MR) is 32.3 cm³/mol. The van der Waals surface area contributed by atoms with Crippen molar-refractivity contribution in [3.8, 4) is 0 Å². The average Bonchev–Trinajstić information content (AvgIpc) is 1.96. The van der Waals surface area contributed by atoms with Gasteiger partial charge in [0, 0.05) is 19.7 Å². The van der Waals surface area contributed by atoms with Crippen molar-refractivity contribution in [2.75, 3.05) is 19.7 Å². The van der Waals surface area contributed by atoms with Gasteiger partial charge in [0.15, 0.2) is 0 Å². The number of aliphatic hydroxyl groups is 1. The van der Waals surface area contributed by atoms with Crippen LogP contribution in [0.5, 0.6) is 0 Å². The van der Waals surface area contributed by atoms with Crippen molar-refractivity contribution in [2.24, 2.45) is 5.73 Å². The first-order valence-corrected chi connectivity index (χ1v) is 3.72. The molecule has 0 saturated carbocycles. The zero-order chi connectivity index (χ0) is 8.83. The molecule has 6 heteroatoms. The van der Waals surface area contributed by atoms with Crippen molar-refractivity contribution in [1.29, 1.82) is 0 Å². The van der Waals surface area contributed by atoms with E-state index in [0.717, 1.165) is 0 Å². The zero-order valence-electron chi connectivity index (χ0n) is 6.00. The Labute approximate surface area is 75.9 Å². The molecule has 5 nitrogen and oxygen atoms in total. The molecule has 0 rings (SSSR count). The van der Waals surface area contributed by atoms with Crippen LogP contribution in [0.25, 0.3) is 0 Å². The van der Waals surface area contributed by atoms with Crippen LogP contribution in [-0.2, 0) is 27.5 Å². The zero-order valence-corrected chi connectivity index (χ0v) is 8.46. The van der Waals surface area contributed by atoms with Gasteiger partial charge >= 0.3 is 27.5 Å². The van der Waals surface area contributed by atoms with Gasteiger partial charge in [-0.2, -0.15) is 0 Å². The van der Waals surface area contributed by atoms with Gasteiger partial charge in [-0.05, 0) is 6.92 Å². The Morgan fingerprint density at radius 2 is 1.90 bits per heavy atom. The quantitative estimate of drug-likeness (QED) is 0.446. The third kappa shape index (κ3) is 75.8. The van der Waals surface area contributed by atoms with E-state index in [1.165, 1.54) is 0 Å². The van der Waals surface area contributed by atoms with E-state index in [0.29, 0.717) is 37.8 Å². The number of hydrogen-bond acceptors (Lipinski definition) is 5. The van der Waals surface area contributed by atoms with Crippen molar-refractivity contribution in [2.45, 2.75) is 6.92 Å². The first-order chi connectivity index (χ1) is 4.83. The van der Waals surface area contributed by atoms with Gasteiger partial charge in [-0.3, -0.25) is 0 Å². The fourth-order valence-corrected chi connectivity index (χ4v) is 0.0645. The molecule has 0 aromatic heterocycles. The minimum atomic E-state index is 0.250. The Balaban J connectivity index is -0.0000000847. The van der Waals surface area contributed by atoms with Crippen LogP contribution in [0.3, 0.4) is 0 Å². The van der Waals surface area contributed by atoms with E-state index in [4.69, 9.17) is 18.9 Å². The molecule has 0 aliphatic heterocycles. The normalized spacial score (nSPS) is 6.30. The molecular weight excluding hydrogens is 215 g/mol. The van der Waals surface area contributed by atoms with Crippen molar-refractivity contribution in [3.05, 3.63) is 0 Å². The molecule has 0 amide bonds. The molecule has 0 aromatic rings. The number of rotatable bonds is 2. The van der Waals surface area contributed by atoms with Crippen LogP contribution in [0.2, 0.25) is 0 Å². The monoisotopic (exact) mass is 228 g/mol. The number of nitrogens with two attached hydrogens (primary N) is 1. The van der Waals surface area contributed by atoms with E-state index >= 15 is 0 Å². The first kappa shape index (κ1) is 16.9.